The minimum atomic E-state index is -0.174. The van der Waals surface area contributed by atoms with Crippen LogP contribution in [0, 0.1) is 0 Å². The molecule has 0 aliphatic carbocycles. The van der Waals surface area contributed by atoms with Crippen LogP contribution >= 0.6 is 0 Å². The fraction of sp³-hybridized carbons (Fsp3) is 0. The second kappa shape index (κ2) is 14.9. The highest BCUT2D eigenvalue weighted by molar-refractivity contribution is 6.72. The van der Waals surface area contributed by atoms with Gasteiger partial charge in [-0.2, -0.15) is 0 Å². The SMILES string of the molecule is [B]c1c([B])c(-c2nc3c([B])c(-c4nc(-c5ccccc5)nc(-c5ccccc5)n4)c([B])c([B])c3o2)c([B])c(-n2c3c([B])c([B])c([B])c([B])c3c3c([B])c([B])c([B])c([B])c32)c1[B]. The molecule has 0 amide bonds. The van der Waals surface area contributed by atoms with Gasteiger partial charge in [-0.1, -0.05) is 115 Å². The van der Waals surface area contributed by atoms with E-state index in [9.17, 15) is 0 Å². The van der Waals surface area contributed by atoms with Crippen molar-refractivity contribution in [3.8, 4) is 51.3 Å². The van der Waals surface area contributed by atoms with Gasteiger partial charge in [0.2, 0.25) is 5.89 Å². The van der Waals surface area contributed by atoms with Gasteiger partial charge >= 0.3 is 0 Å². The Morgan fingerprint density at radius 1 is 0.361 bits per heavy atom. The number of benzene rings is 6. The van der Waals surface area contributed by atoms with E-state index in [0.29, 0.717) is 11.6 Å². The number of aromatic nitrogens is 5. The van der Waals surface area contributed by atoms with Crippen LogP contribution in [0.4, 0.5) is 0 Å². The lowest BCUT2D eigenvalue weighted by Gasteiger charge is -2.25. The zero-order valence-corrected chi connectivity index (χ0v) is 32.1. The van der Waals surface area contributed by atoms with E-state index in [4.69, 9.17) is 142 Å². The standard InChI is InChI=1S/C40H10B15N5O/c41-17-13-14-18(42)24(48)27(51)29(53)34(14)60(33(13)28(52)26(50)23(17)47)35-22(46)16(20(44)25(49)30(35)54)40-56-32-21(45)15(19(43)31(55)36(32)61-40)39-58-37(11-7-3-1-4-8-11)57-38(59-39)12-9-5-2-6-10-12/h1-10H. The molecule has 3 aromatic heterocycles. The van der Waals surface area contributed by atoms with Crippen LogP contribution in [-0.4, -0.2) is 142 Å². The highest BCUT2D eigenvalue weighted by Crippen LogP contribution is 2.29. The Morgan fingerprint density at radius 3 is 1.28 bits per heavy atom. The fourth-order valence-electron chi connectivity index (χ4n) is 7.70. The lowest BCUT2D eigenvalue weighted by Crippen LogP contribution is -2.50. The molecular formula is C40H10B15N5O. The first-order chi connectivity index (χ1) is 29.0. The highest BCUT2D eigenvalue weighted by atomic mass is 16.3. The summed E-state index contributed by atoms with van der Waals surface area (Å²) in [6.45, 7) is 0. The molecule has 0 N–H and O–H groups in total. The van der Waals surface area contributed by atoms with Crippen molar-refractivity contribution in [2.75, 3.05) is 0 Å². The van der Waals surface area contributed by atoms with E-state index in [2.05, 4.69) is 0 Å². The van der Waals surface area contributed by atoms with Crippen molar-refractivity contribution in [3.63, 3.8) is 0 Å². The van der Waals surface area contributed by atoms with Gasteiger partial charge in [-0.25, -0.2) is 19.9 Å². The first kappa shape index (κ1) is 41.0. The number of oxazole rings is 1. The third-order valence-corrected chi connectivity index (χ3v) is 10.9. The zero-order valence-electron chi connectivity index (χ0n) is 32.1. The summed E-state index contributed by atoms with van der Waals surface area (Å²) >= 11 is 0. The van der Waals surface area contributed by atoms with Crippen molar-refractivity contribution in [2.24, 2.45) is 0 Å². The van der Waals surface area contributed by atoms with Crippen molar-refractivity contribution in [1.29, 1.82) is 0 Å². The molecule has 6 nitrogen and oxygen atoms in total. The topological polar surface area (TPSA) is 69.6 Å². The number of rotatable bonds is 5. The van der Waals surface area contributed by atoms with Crippen LogP contribution in [0.25, 0.3) is 84.2 Å². The quantitative estimate of drug-likeness (QED) is 0.164. The summed E-state index contributed by atoms with van der Waals surface area (Å²) in [5, 5.41) is 0.473. The van der Waals surface area contributed by atoms with Gasteiger partial charge in [0.1, 0.15) is 129 Å². The Labute approximate surface area is 371 Å². The van der Waals surface area contributed by atoms with Crippen LogP contribution in [0.2, 0.25) is 0 Å². The maximum Gasteiger partial charge on any atom is 0.226 e. The van der Waals surface area contributed by atoms with Crippen LogP contribution in [0.5, 0.6) is 0 Å². The normalized spacial score (nSPS) is 11.6. The predicted molar refractivity (Wildman–Crippen MR) is 264 cm³/mol. The maximum atomic E-state index is 7.06. The monoisotopic (exact) mass is 741 g/mol. The predicted octanol–water partition coefficient (Wildman–Crippen LogP) is -8.32. The molecule has 0 saturated heterocycles. The van der Waals surface area contributed by atoms with E-state index in [-0.39, 0.29) is 143 Å². The molecule has 0 fully saturated rings. The van der Waals surface area contributed by atoms with Gasteiger partial charge in [-0.05, 0) is 10.8 Å². The summed E-state index contributed by atoms with van der Waals surface area (Å²) in [5.74, 6) is 0.666. The van der Waals surface area contributed by atoms with E-state index in [1.54, 1.807) is 0 Å². The molecule has 0 saturated carbocycles. The van der Waals surface area contributed by atoms with Crippen LogP contribution in [0.3, 0.4) is 0 Å². The van der Waals surface area contributed by atoms with Crippen molar-refractivity contribution < 1.29 is 4.42 Å². The summed E-state index contributed by atoms with van der Waals surface area (Å²) in [5.41, 5.74) is 1.38. The molecule has 246 valence electrons. The smallest absolute Gasteiger partial charge is 0.226 e. The number of hydrogen-bond donors (Lipinski definition) is 0. The van der Waals surface area contributed by atoms with Crippen molar-refractivity contribution >= 4 is 233 Å². The largest absolute Gasteiger partial charge is 0.437 e. The first-order valence-electron chi connectivity index (χ1n) is 18.3. The van der Waals surface area contributed by atoms with Crippen LogP contribution in [0.15, 0.2) is 65.1 Å². The van der Waals surface area contributed by atoms with Gasteiger partial charge in [-0.15, -0.1) is 27.3 Å². The third-order valence-electron chi connectivity index (χ3n) is 10.9. The number of hydrogen-bond acceptors (Lipinski definition) is 5. The molecule has 9 aromatic rings. The molecule has 6 aromatic carbocycles. The minimum absolute atomic E-state index is 0.00233. The molecule has 9 rings (SSSR count). The number of nitrogens with zero attached hydrogens (tertiary/aromatic N) is 5. The van der Waals surface area contributed by atoms with Gasteiger partial charge in [-0.3, -0.25) is 0 Å². The van der Waals surface area contributed by atoms with Gasteiger partial charge < -0.3 is 8.98 Å². The van der Waals surface area contributed by atoms with E-state index in [0.717, 1.165) is 11.1 Å². The Morgan fingerprint density at radius 2 is 0.787 bits per heavy atom. The summed E-state index contributed by atoms with van der Waals surface area (Å²) < 4.78 is 7.77. The Bertz CT molecular complexity index is 3240. The minimum Gasteiger partial charge on any atom is -0.437 e. The van der Waals surface area contributed by atoms with E-state index < -0.39 is 0 Å². The summed E-state index contributed by atoms with van der Waals surface area (Å²) in [4.78, 5) is 19.1. The molecular weight excluding hydrogens is 729 g/mol. The van der Waals surface area contributed by atoms with Crippen LogP contribution in [-0.2, 0) is 0 Å². The van der Waals surface area contributed by atoms with E-state index in [1.807, 2.05) is 60.7 Å². The maximum absolute atomic E-state index is 7.06. The molecule has 30 radical (unpaired) electrons. The molecule has 0 unspecified atom stereocenters. The first-order valence-corrected chi connectivity index (χ1v) is 18.3. The molecule has 0 bridgehead atoms. The average Bonchev–Trinajstić information content (AvgIpc) is 3.87. The lowest BCUT2D eigenvalue weighted by molar-refractivity contribution is 0.623. The van der Waals surface area contributed by atoms with Crippen molar-refractivity contribution in [3.05, 3.63) is 60.7 Å². The van der Waals surface area contributed by atoms with Gasteiger partial charge in [0.15, 0.2) is 17.5 Å². The third kappa shape index (κ3) is 6.00. The van der Waals surface area contributed by atoms with E-state index in [1.165, 1.54) is 4.57 Å². The molecule has 0 spiro atoms. The van der Waals surface area contributed by atoms with Gasteiger partial charge in [0, 0.05) is 39.0 Å². The fourth-order valence-corrected chi connectivity index (χ4v) is 7.70. The summed E-state index contributed by atoms with van der Waals surface area (Å²) in [7, 11) is 99.5. The highest BCUT2D eigenvalue weighted by Gasteiger charge is 2.28. The number of fused-ring (bicyclic) bond motifs is 4. The van der Waals surface area contributed by atoms with E-state index >= 15 is 0 Å². The Balaban J connectivity index is 1.33. The molecule has 0 aliphatic heterocycles. The van der Waals surface area contributed by atoms with Crippen molar-refractivity contribution in [2.45, 2.75) is 0 Å². The molecule has 0 atom stereocenters. The van der Waals surface area contributed by atoms with Crippen molar-refractivity contribution in [1.82, 2.24) is 24.5 Å². The zero-order chi connectivity index (χ0) is 43.5. The van der Waals surface area contributed by atoms with Crippen LogP contribution < -0.4 is 81.9 Å². The molecule has 21 heteroatoms. The molecule has 61 heavy (non-hydrogen) atoms. The van der Waals surface area contributed by atoms with Gasteiger partial charge in [0.25, 0.3) is 0 Å². The summed E-state index contributed by atoms with van der Waals surface area (Å²) in [6, 6.07) is 18.7. The second-order valence-corrected chi connectivity index (χ2v) is 14.3. The lowest BCUT2D eigenvalue weighted by atomic mass is 9.63. The second-order valence-electron chi connectivity index (χ2n) is 14.3. The Kier molecular flexibility index (Phi) is 9.99. The summed E-state index contributed by atoms with van der Waals surface area (Å²) in [6.07, 6.45) is 0. The Hall–Kier alpha value is -5.43. The molecule has 0 aliphatic rings. The molecule has 3 heterocycles. The van der Waals surface area contributed by atoms with Crippen LogP contribution in [0.1, 0.15) is 0 Å². The average molecular weight is 739 g/mol. The van der Waals surface area contributed by atoms with Gasteiger partial charge in [0.05, 0.1) is 0 Å².